The number of hydrogen-bond donors (Lipinski definition) is 1. The molecule has 1 N–H and O–H groups in total. The summed E-state index contributed by atoms with van der Waals surface area (Å²) < 4.78 is 39.3. The molecule has 0 aliphatic rings. The Kier molecular flexibility index (Phi) is 8.89. The molecule has 0 radical (unpaired) electrons. The Bertz CT molecular complexity index is 1100. The van der Waals surface area contributed by atoms with Crippen LogP contribution in [0.4, 0.5) is 10.1 Å². The maximum absolute atomic E-state index is 13.6. The van der Waals surface area contributed by atoms with Crippen molar-refractivity contribution in [3.8, 4) is 0 Å². The van der Waals surface area contributed by atoms with E-state index in [1.165, 1.54) is 18.0 Å². The van der Waals surface area contributed by atoms with Crippen molar-refractivity contribution < 1.29 is 22.4 Å². The smallest absolute Gasteiger partial charge is 0.244 e. The normalized spacial score (nSPS) is 12.2. The summed E-state index contributed by atoms with van der Waals surface area (Å²) in [6.07, 6.45) is 1.21. The number of rotatable bonds is 9. The van der Waals surface area contributed by atoms with Gasteiger partial charge in [0.05, 0.1) is 17.0 Å². The Hall–Kier alpha value is -2.36. The van der Waals surface area contributed by atoms with Crippen molar-refractivity contribution in [3.63, 3.8) is 0 Å². The van der Waals surface area contributed by atoms with Crippen molar-refractivity contribution in [2.75, 3.05) is 24.2 Å². The monoisotopic (exact) mass is 503 g/mol. The van der Waals surface area contributed by atoms with Gasteiger partial charge in [0, 0.05) is 18.6 Å². The van der Waals surface area contributed by atoms with Gasteiger partial charge in [0.2, 0.25) is 21.8 Å². The maximum atomic E-state index is 13.6. The Balaban J connectivity index is 2.46. The molecule has 2 rings (SSSR count). The Labute approximate surface area is 197 Å². The number of halogens is 3. The molecule has 7 nitrogen and oxygen atoms in total. The van der Waals surface area contributed by atoms with Crippen molar-refractivity contribution in [1.29, 1.82) is 0 Å². The number of anilines is 1. The van der Waals surface area contributed by atoms with Crippen molar-refractivity contribution in [3.05, 3.63) is 63.9 Å². The number of carbonyl (C=O) groups excluding carboxylic acids is 2. The van der Waals surface area contributed by atoms with Crippen LogP contribution in [0.5, 0.6) is 0 Å². The topological polar surface area (TPSA) is 86.8 Å². The number of carbonyl (C=O) groups is 2. The molecule has 0 fully saturated rings. The fourth-order valence-electron chi connectivity index (χ4n) is 3.15. The fourth-order valence-corrected chi connectivity index (χ4v) is 4.36. The maximum Gasteiger partial charge on any atom is 0.244 e. The van der Waals surface area contributed by atoms with E-state index in [9.17, 15) is 22.4 Å². The molecule has 0 aromatic heterocycles. The van der Waals surface area contributed by atoms with E-state index in [2.05, 4.69) is 5.32 Å². The number of sulfonamides is 1. The molecule has 0 heterocycles. The average Bonchev–Trinajstić information content (AvgIpc) is 2.74. The molecular formula is C21H24Cl2FN3O4S. The van der Waals surface area contributed by atoms with Gasteiger partial charge in [-0.15, -0.1) is 0 Å². The molecule has 0 bridgehead atoms. The van der Waals surface area contributed by atoms with Gasteiger partial charge in [0.15, 0.2) is 0 Å². The van der Waals surface area contributed by atoms with Crippen molar-refractivity contribution in [2.24, 2.45) is 0 Å². The van der Waals surface area contributed by atoms with E-state index in [0.29, 0.717) is 10.6 Å². The molecule has 32 heavy (non-hydrogen) atoms. The van der Waals surface area contributed by atoms with E-state index < -0.39 is 40.2 Å². The highest BCUT2D eigenvalue weighted by Gasteiger charge is 2.31. The minimum atomic E-state index is -3.94. The first-order chi connectivity index (χ1) is 15.0. The zero-order valence-electron chi connectivity index (χ0n) is 17.8. The molecule has 0 aliphatic heterocycles. The molecule has 11 heteroatoms. The number of amides is 2. The van der Waals surface area contributed by atoms with Crippen LogP contribution in [-0.4, -0.2) is 51.0 Å². The number of nitrogens with one attached hydrogen (secondary N) is 1. The second-order valence-corrected chi connectivity index (χ2v) is 9.74. The lowest BCUT2D eigenvalue weighted by atomic mass is 10.1. The lowest BCUT2D eigenvalue weighted by molar-refractivity contribution is -0.140. The van der Waals surface area contributed by atoms with Crippen LogP contribution >= 0.6 is 23.2 Å². The third-order valence-corrected chi connectivity index (χ3v) is 6.60. The minimum absolute atomic E-state index is 0.00773. The van der Waals surface area contributed by atoms with Crippen LogP contribution in [0, 0.1) is 5.82 Å². The summed E-state index contributed by atoms with van der Waals surface area (Å²) in [4.78, 5) is 27.1. The van der Waals surface area contributed by atoms with E-state index in [0.717, 1.165) is 22.7 Å². The van der Waals surface area contributed by atoms with Gasteiger partial charge in [-0.2, -0.15) is 0 Å². The molecule has 174 valence electrons. The third-order valence-electron chi connectivity index (χ3n) is 4.80. The highest BCUT2D eigenvalue weighted by atomic mass is 35.5. The molecule has 1 atom stereocenters. The van der Waals surface area contributed by atoms with Gasteiger partial charge in [0.1, 0.15) is 18.4 Å². The van der Waals surface area contributed by atoms with Gasteiger partial charge < -0.3 is 10.2 Å². The molecule has 2 aromatic carbocycles. The van der Waals surface area contributed by atoms with E-state index >= 15 is 0 Å². The van der Waals surface area contributed by atoms with Gasteiger partial charge in [-0.05, 0) is 36.2 Å². The van der Waals surface area contributed by atoms with Gasteiger partial charge in [0.25, 0.3) is 0 Å². The van der Waals surface area contributed by atoms with Gasteiger partial charge in [-0.3, -0.25) is 13.9 Å². The molecule has 2 amide bonds. The van der Waals surface area contributed by atoms with Gasteiger partial charge in [-0.25, -0.2) is 12.8 Å². The Morgan fingerprint density at radius 3 is 2.31 bits per heavy atom. The van der Waals surface area contributed by atoms with Crippen molar-refractivity contribution in [2.45, 2.75) is 25.9 Å². The van der Waals surface area contributed by atoms with Crippen LogP contribution in [-0.2, 0) is 26.2 Å². The fraction of sp³-hybridized carbons (Fsp3) is 0.333. The molecule has 2 aromatic rings. The summed E-state index contributed by atoms with van der Waals surface area (Å²) in [5.41, 5.74) is 0.624. The van der Waals surface area contributed by atoms with Crippen LogP contribution in [0.1, 0.15) is 18.9 Å². The van der Waals surface area contributed by atoms with E-state index in [-0.39, 0.29) is 23.7 Å². The van der Waals surface area contributed by atoms with E-state index in [4.69, 9.17) is 23.2 Å². The van der Waals surface area contributed by atoms with Crippen LogP contribution in [0.3, 0.4) is 0 Å². The highest BCUT2D eigenvalue weighted by molar-refractivity contribution is 7.92. The highest BCUT2D eigenvalue weighted by Crippen LogP contribution is 2.25. The van der Waals surface area contributed by atoms with Crippen LogP contribution in [0.2, 0.25) is 10.0 Å². The minimum Gasteiger partial charge on any atom is -0.357 e. The number of benzene rings is 2. The zero-order valence-corrected chi connectivity index (χ0v) is 20.1. The molecule has 0 aliphatic carbocycles. The summed E-state index contributed by atoms with van der Waals surface area (Å²) in [6, 6.07) is 9.34. The Morgan fingerprint density at radius 2 is 1.78 bits per heavy atom. The van der Waals surface area contributed by atoms with E-state index in [1.54, 1.807) is 31.2 Å². The standard InChI is InChI=1S/C21H24Cl2FN3O4S/c1-4-19(21(29)25-2)26(12-14-7-5-6-8-16(14)22)20(28)13-27(32(3,30)31)15-9-10-18(24)17(23)11-15/h5-11,19H,4,12-13H2,1-3H3,(H,25,29)/t19-/m0/s1. The third kappa shape index (κ3) is 6.34. The van der Waals surface area contributed by atoms with Crippen molar-refractivity contribution >= 4 is 50.7 Å². The molecular weight excluding hydrogens is 480 g/mol. The number of nitrogens with zero attached hydrogens (tertiary/aromatic N) is 2. The van der Waals surface area contributed by atoms with E-state index in [1.807, 2.05) is 0 Å². The van der Waals surface area contributed by atoms with Crippen LogP contribution in [0.15, 0.2) is 42.5 Å². The number of hydrogen-bond acceptors (Lipinski definition) is 4. The first kappa shape index (κ1) is 25.9. The zero-order chi connectivity index (χ0) is 24.1. The first-order valence-electron chi connectivity index (χ1n) is 9.66. The lowest BCUT2D eigenvalue weighted by Crippen LogP contribution is -2.51. The summed E-state index contributed by atoms with van der Waals surface area (Å²) >= 11 is 12.1. The molecule has 0 saturated carbocycles. The second-order valence-electron chi connectivity index (χ2n) is 7.02. The first-order valence-corrected chi connectivity index (χ1v) is 12.3. The summed E-state index contributed by atoms with van der Waals surface area (Å²) in [7, 11) is -2.49. The summed E-state index contributed by atoms with van der Waals surface area (Å²) in [5.74, 6) is -1.75. The van der Waals surface area contributed by atoms with Crippen LogP contribution in [0.25, 0.3) is 0 Å². The average molecular weight is 504 g/mol. The summed E-state index contributed by atoms with van der Waals surface area (Å²) in [6.45, 7) is 1.12. The lowest BCUT2D eigenvalue weighted by Gasteiger charge is -2.32. The quantitative estimate of drug-likeness (QED) is 0.567. The summed E-state index contributed by atoms with van der Waals surface area (Å²) in [5, 5.41) is 2.64. The van der Waals surface area contributed by atoms with Gasteiger partial charge in [-0.1, -0.05) is 48.3 Å². The second kappa shape index (κ2) is 11.0. The predicted molar refractivity (Wildman–Crippen MR) is 124 cm³/mol. The van der Waals surface area contributed by atoms with Gasteiger partial charge >= 0.3 is 0 Å². The van der Waals surface area contributed by atoms with Crippen molar-refractivity contribution in [1.82, 2.24) is 10.2 Å². The SMILES string of the molecule is CC[C@@H](C(=O)NC)N(Cc1ccccc1Cl)C(=O)CN(c1ccc(F)c(Cl)c1)S(C)(=O)=O. The molecule has 0 unspecified atom stereocenters. The van der Waals surface area contributed by atoms with Crippen LogP contribution < -0.4 is 9.62 Å². The largest absolute Gasteiger partial charge is 0.357 e. The Morgan fingerprint density at radius 1 is 1.12 bits per heavy atom. The predicted octanol–water partition coefficient (Wildman–Crippen LogP) is 3.45. The number of likely N-dealkylation sites (N-methyl/N-ethyl adjacent to an activating group) is 1. The molecule has 0 spiro atoms. The molecule has 0 saturated heterocycles.